The average molecular weight is 510 g/mol. The molecule has 2 aromatic rings. The monoisotopic (exact) mass is 509 g/mol. The van der Waals surface area contributed by atoms with Crippen LogP contribution in [-0.4, -0.2) is 54.7 Å². The summed E-state index contributed by atoms with van der Waals surface area (Å²) in [5.74, 6) is -1.41. The fourth-order valence-corrected chi connectivity index (χ4v) is 4.18. The van der Waals surface area contributed by atoms with Crippen molar-refractivity contribution in [2.75, 3.05) is 31.2 Å². The smallest absolute Gasteiger partial charge is 0.351 e. The normalized spacial score (nSPS) is 16.1. The maximum Gasteiger partial charge on any atom is 0.416 e. The van der Waals surface area contributed by atoms with Crippen LogP contribution < -0.4 is 21.7 Å². The first-order chi connectivity index (χ1) is 16.5. The molecule has 0 bridgehead atoms. The minimum absolute atomic E-state index is 0.106. The lowest BCUT2D eigenvalue weighted by atomic mass is 10.1. The molecule has 4 amide bonds. The number of anilines is 1. The number of halogens is 3. The number of thioether (sulfide) groups is 1. The maximum absolute atomic E-state index is 13.1. The lowest BCUT2D eigenvalue weighted by molar-refractivity contribution is -0.137. The van der Waals surface area contributed by atoms with E-state index in [0.29, 0.717) is 12.6 Å². The van der Waals surface area contributed by atoms with Gasteiger partial charge in [0.05, 0.1) is 23.4 Å². The minimum atomic E-state index is -4.69. The predicted octanol–water partition coefficient (Wildman–Crippen LogP) is 3.04. The van der Waals surface area contributed by atoms with Gasteiger partial charge in [-0.3, -0.25) is 14.5 Å². The minimum Gasteiger partial charge on any atom is -0.351 e. The lowest BCUT2D eigenvalue weighted by Gasteiger charge is -2.17. The average Bonchev–Trinajstić information content (AvgIpc) is 3.23. The number of benzene rings is 2. The van der Waals surface area contributed by atoms with Gasteiger partial charge in [0.2, 0.25) is 5.91 Å². The molecule has 188 valence electrons. The third-order valence-electron chi connectivity index (χ3n) is 5.46. The highest BCUT2D eigenvalue weighted by Gasteiger charge is 2.32. The topological polar surface area (TPSA) is 117 Å². The van der Waals surface area contributed by atoms with Crippen molar-refractivity contribution in [1.29, 1.82) is 0 Å². The maximum atomic E-state index is 13.1. The van der Waals surface area contributed by atoms with Crippen molar-refractivity contribution in [3.8, 4) is 0 Å². The Bertz CT molecular complexity index is 1080. The second kappa shape index (κ2) is 11.5. The van der Waals surface area contributed by atoms with Crippen LogP contribution >= 0.6 is 11.8 Å². The summed E-state index contributed by atoms with van der Waals surface area (Å²) in [6.07, 6.45) is -1.94. The van der Waals surface area contributed by atoms with Crippen molar-refractivity contribution >= 4 is 35.3 Å². The van der Waals surface area contributed by atoms with Gasteiger partial charge in [-0.05, 0) is 48.6 Å². The third kappa shape index (κ3) is 7.62. The van der Waals surface area contributed by atoms with Gasteiger partial charge in [-0.25, -0.2) is 4.79 Å². The van der Waals surface area contributed by atoms with Crippen LogP contribution in [0.1, 0.15) is 27.9 Å². The number of hydrogen-bond donors (Lipinski definition) is 4. The van der Waals surface area contributed by atoms with Crippen molar-refractivity contribution in [2.24, 2.45) is 5.73 Å². The van der Waals surface area contributed by atoms with Crippen molar-refractivity contribution < 1.29 is 27.6 Å². The number of rotatable bonds is 8. The molecule has 3 rings (SSSR count). The van der Waals surface area contributed by atoms with Crippen molar-refractivity contribution in [3.63, 3.8) is 0 Å². The molecular formula is C23H26F3N5O3S. The number of likely N-dealkylation sites (tertiary alicyclic amines) is 1. The molecular weight excluding hydrogens is 483 g/mol. The van der Waals surface area contributed by atoms with Gasteiger partial charge in [-0.2, -0.15) is 13.2 Å². The third-order valence-corrected chi connectivity index (χ3v) is 6.21. The molecule has 1 aliphatic heterocycles. The molecule has 0 aromatic heterocycles. The number of nitrogens with zero attached hydrogens (tertiary/aromatic N) is 1. The van der Waals surface area contributed by atoms with Crippen LogP contribution in [0.4, 0.5) is 23.7 Å². The number of primary amides is 1. The molecule has 0 unspecified atom stereocenters. The Labute approximate surface area is 204 Å². The summed E-state index contributed by atoms with van der Waals surface area (Å²) in [7, 11) is 0. The van der Waals surface area contributed by atoms with Crippen LogP contribution in [0.3, 0.4) is 0 Å². The molecule has 35 heavy (non-hydrogen) atoms. The predicted molar refractivity (Wildman–Crippen MR) is 127 cm³/mol. The van der Waals surface area contributed by atoms with Gasteiger partial charge in [0.25, 0.3) is 5.91 Å². The molecule has 8 nitrogen and oxygen atoms in total. The highest BCUT2D eigenvalue weighted by Crippen LogP contribution is 2.32. The first kappa shape index (κ1) is 26.4. The van der Waals surface area contributed by atoms with E-state index in [1.807, 2.05) is 6.26 Å². The van der Waals surface area contributed by atoms with E-state index in [1.165, 1.54) is 10.5 Å². The molecule has 1 atom stereocenters. The Morgan fingerprint density at radius 1 is 1.14 bits per heavy atom. The quantitative estimate of drug-likeness (QED) is 0.408. The molecule has 1 saturated heterocycles. The van der Waals surface area contributed by atoms with Gasteiger partial charge in [0.1, 0.15) is 0 Å². The van der Waals surface area contributed by atoms with E-state index in [1.54, 1.807) is 11.8 Å². The standard InChI is InChI=1S/C23H26F3N5O3S/c1-35-17-5-2-14(3-6-17)12-31-9-8-16(13-31)29-20(32)11-28-21(33)18-10-15(23(24,25)26)4-7-19(18)30-22(27)34/h2-7,10,16H,8-9,11-13H2,1H3,(H,28,33)(H,29,32)(H3,27,30,34)/t16-/m1/s1. The number of hydrogen-bond acceptors (Lipinski definition) is 5. The van der Waals surface area contributed by atoms with E-state index in [4.69, 9.17) is 5.73 Å². The second-order valence-corrected chi connectivity index (χ2v) is 8.95. The molecule has 5 N–H and O–H groups in total. The van der Waals surface area contributed by atoms with E-state index in [2.05, 4.69) is 45.1 Å². The molecule has 0 saturated carbocycles. The van der Waals surface area contributed by atoms with E-state index in [0.717, 1.165) is 31.6 Å². The Balaban J connectivity index is 1.53. The number of urea groups is 1. The van der Waals surface area contributed by atoms with Crippen molar-refractivity contribution in [3.05, 3.63) is 59.2 Å². The zero-order valence-corrected chi connectivity index (χ0v) is 19.8. The number of alkyl halides is 3. The summed E-state index contributed by atoms with van der Waals surface area (Å²) >= 11 is 1.67. The van der Waals surface area contributed by atoms with Crippen LogP contribution in [0, 0.1) is 0 Å². The first-order valence-corrected chi connectivity index (χ1v) is 12.0. The summed E-state index contributed by atoms with van der Waals surface area (Å²) in [5, 5.41) is 7.25. The molecule has 12 heteroatoms. The van der Waals surface area contributed by atoms with Gasteiger partial charge in [0, 0.05) is 30.6 Å². The van der Waals surface area contributed by atoms with Crippen LogP contribution in [0.15, 0.2) is 47.4 Å². The van der Waals surface area contributed by atoms with Crippen molar-refractivity contribution in [1.82, 2.24) is 15.5 Å². The summed E-state index contributed by atoms with van der Waals surface area (Å²) < 4.78 is 39.2. The highest BCUT2D eigenvalue weighted by atomic mass is 32.2. The lowest BCUT2D eigenvalue weighted by Crippen LogP contribution is -2.43. The SMILES string of the molecule is CSc1ccc(CN2CC[C@@H](NC(=O)CNC(=O)c3cc(C(F)(F)F)ccc3NC(N)=O)C2)cc1. The Morgan fingerprint density at radius 3 is 2.49 bits per heavy atom. The van der Waals surface area contributed by atoms with E-state index < -0.39 is 41.7 Å². The molecule has 1 aliphatic rings. The zero-order valence-electron chi connectivity index (χ0n) is 18.9. The second-order valence-electron chi connectivity index (χ2n) is 8.07. The summed E-state index contributed by atoms with van der Waals surface area (Å²) in [5.41, 5.74) is 4.48. The fourth-order valence-electron chi connectivity index (χ4n) is 3.77. The molecule has 0 spiro atoms. The molecule has 1 heterocycles. The summed E-state index contributed by atoms with van der Waals surface area (Å²) in [4.78, 5) is 39.4. The molecule has 0 aliphatic carbocycles. The number of carbonyl (C=O) groups is 3. The van der Waals surface area contributed by atoms with E-state index in [-0.39, 0.29) is 11.7 Å². The Hall–Kier alpha value is -3.25. The van der Waals surface area contributed by atoms with Gasteiger partial charge >= 0.3 is 12.2 Å². The Morgan fingerprint density at radius 2 is 1.86 bits per heavy atom. The van der Waals surface area contributed by atoms with Crippen LogP contribution in [0.2, 0.25) is 0 Å². The van der Waals surface area contributed by atoms with Crippen LogP contribution in [0.25, 0.3) is 0 Å². The number of nitrogens with one attached hydrogen (secondary N) is 3. The Kier molecular flexibility index (Phi) is 8.62. The number of amides is 4. The molecule has 2 aromatic carbocycles. The van der Waals surface area contributed by atoms with Crippen LogP contribution in [-0.2, 0) is 17.5 Å². The van der Waals surface area contributed by atoms with Crippen LogP contribution in [0.5, 0.6) is 0 Å². The fraction of sp³-hybridized carbons (Fsp3) is 0.348. The van der Waals surface area contributed by atoms with Gasteiger partial charge in [-0.1, -0.05) is 12.1 Å². The van der Waals surface area contributed by atoms with E-state index in [9.17, 15) is 27.6 Å². The van der Waals surface area contributed by atoms with Crippen molar-refractivity contribution in [2.45, 2.75) is 30.1 Å². The van der Waals surface area contributed by atoms with E-state index >= 15 is 0 Å². The zero-order chi connectivity index (χ0) is 25.6. The summed E-state index contributed by atoms with van der Waals surface area (Å²) in [6.45, 7) is 1.76. The largest absolute Gasteiger partial charge is 0.416 e. The van der Waals surface area contributed by atoms with Gasteiger partial charge in [0.15, 0.2) is 0 Å². The number of carbonyl (C=O) groups excluding carboxylic acids is 3. The first-order valence-electron chi connectivity index (χ1n) is 10.8. The van der Waals surface area contributed by atoms with Gasteiger partial charge in [-0.15, -0.1) is 11.8 Å². The number of nitrogens with two attached hydrogens (primary N) is 1. The molecule has 1 fully saturated rings. The van der Waals surface area contributed by atoms with Gasteiger partial charge < -0.3 is 21.7 Å². The summed E-state index contributed by atoms with van der Waals surface area (Å²) in [6, 6.07) is 9.37. The molecule has 0 radical (unpaired) electrons. The highest BCUT2D eigenvalue weighted by molar-refractivity contribution is 7.98.